The predicted octanol–water partition coefficient (Wildman–Crippen LogP) is 11.7. The third kappa shape index (κ3) is 16.0. The summed E-state index contributed by atoms with van der Waals surface area (Å²) in [5.41, 5.74) is 18.9. The molecule has 662 valence electrons. The molecule has 13 aliphatic rings. The molecule has 2 N–H and O–H groups in total. The Labute approximate surface area is 734 Å². The summed E-state index contributed by atoms with van der Waals surface area (Å²) in [6.07, 6.45) is 38.4. The molecule has 0 radical (unpaired) electrons. The summed E-state index contributed by atoms with van der Waals surface area (Å²) in [5.74, 6) is -1.00. The van der Waals surface area contributed by atoms with Gasteiger partial charge in [0.1, 0.15) is 0 Å². The summed E-state index contributed by atoms with van der Waals surface area (Å²) in [5, 5.41) is 9.14. The number of esters is 1. The van der Waals surface area contributed by atoms with E-state index in [0.29, 0.717) is 48.3 Å². The van der Waals surface area contributed by atoms with Gasteiger partial charge in [-0.15, -0.1) is 0 Å². The Morgan fingerprint density at radius 2 is 0.817 bits per heavy atom. The Morgan fingerprint density at radius 3 is 1.18 bits per heavy atom. The van der Waals surface area contributed by atoms with E-state index in [4.69, 9.17) is 9.47 Å². The van der Waals surface area contributed by atoms with Crippen molar-refractivity contribution in [2.45, 2.75) is 130 Å². The number of sulfonamides is 1. The Morgan fingerprint density at radius 1 is 0.452 bits per heavy atom. The molecule has 4 aromatic heterocycles. The van der Waals surface area contributed by atoms with Gasteiger partial charge in [-0.05, 0) is 221 Å². The Hall–Kier alpha value is -10.7. The lowest BCUT2D eigenvalue weighted by molar-refractivity contribution is -0.146. The fraction of sp³-hybridized carbons (Fsp3) is 0.438. The fourth-order valence-electron chi connectivity index (χ4n) is 20.8. The number of ether oxygens (including phenoxy) is 2. The Bertz CT molecular complexity index is 6800. The molecule has 26 nitrogen and oxygen atoms in total. The van der Waals surface area contributed by atoms with E-state index in [2.05, 4.69) is 24.3 Å². The van der Waals surface area contributed by atoms with Crippen LogP contribution in [0.15, 0.2) is 156 Å². The van der Waals surface area contributed by atoms with Crippen LogP contribution in [0, 0.1) is 33.5 Å². The Kier molecular flexibility index (Phi) is 21.8. The molecule has 30 heteroatoms. The fourth-order valence-corrected chi connectivity index (χ4v) is 24.4. The molecule has 0 amide bonds. The number of allylic oxidation sites excluding steroid dienone is 4. The summed E-state index contributed by atoms with van der Waals surface area (Å²) in [6, 6.07) is 21.8. The molecule has 5 aliphatic heterocycles. The number of piperidine rings is 2. The van der Waals surface area contributed by atoms with Crippen LogP contribution in [0.1, 0.15) is 129 Å². The molecule has 8 aromatic rings. The molecule has 4 aromatic carbocycles. The number of rotatable bonds is 18. The van der Waals surface area contributed by atoms with E-state index >= 15 is 0 Å². The third-order valence-corrected chi connectivity index (χ3v) is 34.5. The number of carboxylic acids is 1. The minimum atomic E-state index is -3.41. The van der Waals surface area contributed by atoms with Crippen molar-refractivity contribution in [3.63, 3.8) is 0 Å². The van der Waals surface area contributed by atoms with Crippen LogP contribution in [0.2, 0.25) is 0 Å². The van der Waals surface area contributed by atoms with Crippen molar-refractivity contribution in [1.29, 1.82) is 0 Å². The molecule has 126 heavy (non-hydrogen) atoms. The van der Waals surface area contributed by atoms with Crippen molar-refractivity contribution in [3.8, 4) is 44.5 Å². The second kappa shape index (κ2) is 32.0. The molecule has 2 unspecified atom stereocenters. The first-order valence-corrected chi connectivity index (χ1v) is 50.7. The molecule has 4 spiro atoms. The predicted molar refractivity (Wildman–Crippen MR) is 491 cm³/mol. The average Bonchev–Trinajstić information content (AvgIpc) is 1.47. The van der Waals surface area contributed by atoms with Gasteiger partial charge in [0.15, 0.2) is 29.5 Å². The number of carbonyl (C=O) groups excluding carboxylic acids is 1. The second-order valence-corrected chi connectivity index (χ2v) is 45.5. The first kappa shape index (κ1) is 86.1. The number of nitrogens with zero attached hydrogens (tertiary/aromatic N) is 8. The molecule has 8 aliphatic carbocycles. The topological polar surface area (TPSA) is 322 Å². The molecule has 9 heterocycles. The summed E-state index contributed by atoms with van der Waals surface area (Å²) in [4.78, 5) is 84.2. The number of benzene rings is 4. The summed E-state index contributed by atoms with van der Waals surface area (Å²) < 4.78 is 119. The van der Waals surface area contributed by atoms with Crippen molar-refractivity contribution >= 4 is 104 Å². The van der Waals surface area contributed by atoms with Gasteiger partial charge in [-0.25, -0.2) is 33.7 Å². The van der Waals surface area contributed by atoms with Crippen LogP contribution in [0.25, 0.3) is 68.8 Å². The molecule has 21 rings (SSSR count). The number of carboxylic acid groups (broad SMARTS) is 1. The molecule has 0 bridgehead atoms. The number of fused-ring (bicyclic) bond motifs is 4. The van der Waals surface area contributed by atoms with Crippen LogP contribution < -0.4 is 46.6 Å². The van der Waals surface area contributed by atoms with E-state index < -0.39 is 45.5 Å². The standard InChI is InChI=1S/C26H30N2O5S.C24H26N2O5S.C23H27N3O3S.C23H24N2O4S/c1-4-33-25(30)22-15-26(22)10-12-28(13-11-26)23-9-8-17(34(3,31)32)14-20(23)21-16-27(2)24(29)19-7-5-6-18(19)21;1-25-14-19(16-4-3-5-17(16)22(25)27)18-12-15(32(2,30)31)6-7-21(18)26-10-8-24(9-11-26)13-20(24)23(28)29;1-3-30(28,29)24-16-7-8-21(26-12-11-23(15-26)9-10-23)19(13-16)20-14-25(2)22(27)18-6-4-5-17(18)20;1-24-10-20(17-3-2-4-18(17)22(24)26)19-9-16(30(27,28)15-5-6-15)7-8-21(19)25-11-23(12-25)13-29-14-23/h5-6,8-9,14,16,22H,4,7,10-13,15H2,1-3H3;3-4,6-7,12,14,20H,5,8-11,13H2,1-2H3,(H,28,29);4-5,7-8,13-14,24H,3,6,9-12,15H2,1-2H3;2-3,7-10,15H,4-6,11-14H2,1H3. The van der Waals surface area contributed by atoms with Crippen LogP contribution in [-0.2, 0) is 112 Å². The van der Waals surface area contributed by atoms with Gasteiger partial charge in [0, 0.05) is 213 Å². The smallest absolute Gasteiger partial charge is 0.309 e. The zero-order valence-electron chi connectivity index (χ0n) is 72.4. The number of anilines is 5. The normalized spacial score (nSPS) is 20.4. The average molecular weight is 1790 g/mol. The van der Waals surface area contributed by atoms with E-state index in [1.807, 2.05) is 117 Å². The van der Waals surface area contributed by atoms with Gasteiger partial charge in [-0.2, -0.15) is 0 Å². The highest BCUT2D eigenvalue weighted by Crippen LogP contribution is 2.62. The highest BCUT2D eigenvalue weighted by Gasteiger charge is 2.61. The van der Waals surface area contributed by atoms with E-state index in [1.165, 1.54) is 31.8 Å². The van der Waals surface area contributed by atoms with Crippen LogP contribution in [-0.4, -0.2) is 165 Å². The van der Waals surface area contributed by atoms with E-state index in [1.54, 1.807) is 89.9 Å². The van der Waals surface area contributed by atoms with E-state index in [-0.39, 0.29) is 77.1 Å². The maximum absolute atomic E-state index is 13.0. The molecular weight excluding hydrogens is 1680 g/mol. The number of sulfone groups is 3. The minimum Gasteiger partial charge on any atom is -0.481 e. The van der Waals surface area contributed by atoms with E-state index in [0.717, 1.165) is 229 Å². The number of nitrogens with one attached hydrogen (secondary N) is 1. The number of aryl methyl sites for hydroxylation is 4. The first-order chi connectivity index (χ1) is 59.9. The number of hydrogen-bond donors (Lipinski definition) is 2. The lowest BCUT2D eigenvalue weighted by atomic mass is 9.77. The van der Waals surface area contributed by atoms with Gasteiger partial charge in [0.05, 0.1) is 62.8 Å². The summed E-state index contributed by atoms with van der Waals surface area (Å²) in [7, 11) is -6.49. The summed E-state index contributed by atoms with van der Waals surface area (Å²) >= 11 is 0. The van der Waals surface area contributed by atoms with E-state index in [9.17, 15) is 67.5 Å². The van der Waals surface area contributed by atoms with Crippen molar-refractivity contribution in [2.24, 2.45) is 61.7 Å². The van der Waals surface area contributed by atoms with Crippen LogP contribution in [0.3, 0.4) is 0 Å². The van der Waals surface area contributed by atoms with Crippen molar-refractivity contribution in [2.75, 3.05) is 115 Å². The SMILES string of the molecule is CCOC(=O)C1CC12CCN(c1ccc(S(C)(=O)=O)cc1-c1cn(C)c(=O)c3c1C=CC3)CC2.CCS(=O)(=O)Nc1ccc(N2CCC3(CC3)C2)c(-c2cn(C)c(=O)c3c2C=CC3)c1.Cn1cc(-c2cc(S(=O)(=O)C3CC3)ccc2N2CC3(COC3)C2)c2c(c1=O)CC=C2.Cn1cc(-c2cc(S(C)(=O)=O)ccc2N2CCC3(CC2)CC3C(=O)O)c2c(c1=O)CC=C2. The number of hydrogen-bond acceptors (Lipinski definition) is 20. The lowest BCUT2D eigenvalue weighted by Crippen LogP contribution is -2.66. The number of pyridine rings is 4. The lowest BCUT2D eigenvalue weighted by Gasteiger charge is -2.56. The maximum Gasteiger partial charge on any atom is 0.309 e. The van der Waals surface area contributed by atoms with Gasteiger partial charge in [-0.3, -0.25) is 33.5 Å². The third-order valence-electron chi connectivity index (χ3n) is 28.7. The quantitative estimate of drug-likeness (QED) is 0.0754. The molecule has 9 fully saturated rings. The first-order valence-electron chi connectivity index (χ1n) is 43.7. The number of carbonyl (C=O) groups is 2. The zero-order valence-corrected chi connectivity index (χ0v) is 75.6. The number of aliphatic carboxylic acids is 1. The molecule has 5 saturated heterocycles. The van der Waals surface area contributed by atoms with Crippen LogP contribution >= 0.6 is 0 Å². The monoisotopic (exact) mass is 1790 g/mol. The second-order valence-electron chi connectivity index (χ2n) is 37.2. The Balaban J connectivity index is 0.000000114. The van der Waals surface area contributed by atoms with Crippen molar-refractivity contribution < 1.29 is 57.8 Å². The highest BCUT2D eigenvalue weighted by atomic mass is 32.2. The van der Waals surface area contributed by atoms with Gasteiger partial charge in [0.25, 0.3) is 22.2 Å². The van der Waals surface area contributed by atoms with Gasteiger partial charge >= 0.3 is 11.9 Å². The highest BCUT2D eigenvalue weighted by molar-refractivity contribution is 7.93. The zero-order chi connectivity index (χ0) is 88.9. The largest absolute Gasteiger partial charge is 0.481 e. The molecular formula is C96H107N9O17S4. The van der Waals surface area contributed by atoms with Crippen molar-refractivity contribution in [1.82, 2.24) is 18.3 Å². The van der Waals surface area contributed by atoms with Crippen LogP contribution in [0.4, 0.5) is 28.4 Å². The van der Waals surface area contributed by atoms with Crippen LogP contribution in [0.5, 0.6) is 0 Å². The number of aromatic nitrogens is 4. The van der Waals surface area contributed by atoms with Gasteiger partial charge in [0.2, 0.25) is 10.0 Å². The maximum atomic E-state index is 13.0. The van der Waals surface area contributed by atoms with Crippen molar-refractivity contribution in [3.05, 3.63) is 208 Å². The minimum absolute atomic E-state index is 0.00117. The molecule has 4 saturated carbocycles. The molecule has 2 atom stereocenters. The van der Waals surface area contributed by atoms with Gasteiger partial charge < -0.3 is 52.4 Å². The summed E-state index contributed by atoms with van der Waals surface area (Å²) in [6.45, 7) is 12.4. The van der Waals surface area contributed by atoms with Gasteiger partial charge in [-0.1, -0.05) is 48.6 Å².